The number of hydrogen-bond donors (Lipinski definition) is 0. The molecule has 0 bridgehead atoms. The van der Waals surface area contributed by atoms with Crippen LogP contribution < -0.4 is 0 Å². The second kappa shape index (κ2) is 6.27. The molecule has 1 atom stereocenters. The van der Waals surface area contributed by atoms with Crippen molar-refractivity contribution >= 4 is 0 Å². The Hall–Kier alpha value is -0.260. The maximum absolute atomic E-state index is 2.43. The SMILES string of the molecule is CC.CCCCC1CC=C(C)C1(C)C. The van der Waals surface area contributed by atoms with E-state index in [0.29, 0.717) is 5.41 Å². The largest absolute Gasteiger partial charge is 0.0848 e. The third-order valence-corrected chi connectivity index (χ3v) is 3.65. The molecule has 0 saturated carbocycles. The first kappa shape index (κ1) is 13.7. The van der Waals surface area contributed by atoms with Crippen LogP contribution >= 0.6 is 0 Å². The van der Waals surface area contributed by atoms with E-state index >= 15 is 0 Å². The summed E-state index contributed by atoms with van der Waals surface area (Å²) in [6.07, 6.45) is 7.90. The second-order valence-electron chi connectivity index (χ2n) is 4.68. The van der Waals surface area contributed by atoms with E-state index in [1.165, 1.54) is 25.7 Å². The zero-order valence-corrected chi connectivity index (χ0v) is 11.0. The Bertz CT molecular complexity index is 174. The third kappa shape index (κ3) is 3.15. The summed E-state index contributed by atoms with van der Waals surface area (Å²) in [5.41, 5.74) is 2.08. The molecule has 0 N–H and O–H groups in total. The zero-order chi connectivity index (χ0) is 11.2. The Balaban J connectivity index is 0.000000791. The monoisotopic (exact) mass is 196 g/mol. The van der Waals surface area contributed by atoms with E-state index in [0.717, 1.165) is 5.92 Å². The summed E-state index contributed by atoms with van der Waals surface area (Å²) in [5.74, 6) is 0.914. The Labute approximate surface area is 90.8 Å². The molecule has 0 amide bonds. The first-order valence-corrected chi connectivity index (χ1v) is 6.26. The highest BCUT2D eigenvalue weighted by molar-refractivity contribution is 5.17. The molecule has 1 aliphatic rings. The summed E-state index contributed by atoms with van der Waals surface area (Å²) < 4.78 is 0. The highest BCUT2D eigenvalue weighted by atomic mass is 14.4. The van der Waals surface area contributed by atoms with Crippen LogP contribution in [-0.2, 0) is 0 Å². The molecule has 14 heavy (non-hydrogen) atoms. The molecule has 1 aliphatic carbocycles. The van der Waals surface area contributed by atoms with Crippen molar-refractivity contribution in [2.24, 2.45) is 11.3 Å². The Morgan fingerprint density at radius 2 is 1.93 bits per heavy atom. The smallest absolute Gasteiger partial charge is 0.0116 e. The van der Waals surface area contributed by atoms with Gasteiger partial charge in [0.25, 0.3) is 0 Å². The van der Waals surface area contributed by atoms with Gasteiger partial charge >= 0.3 is 0 Å². The Morgan fingerprint density at radius 3 is 2.29 bits per heavy atom. The molecule has 0 heteroatoms. The summed E-state index contributed by atoms with van der Waals surface area (Å²) in [4.78, 5) is 0. The van der Waals surface area contributed by atoms with Gasteiger partial charge in [0.15, 0.2) is 0 Å². The van der Waals surface area contributed by atoms with Crippen molar-refractivity contribution in [2.45, 2.75) is 67.2 Å². The maximum Gasteiger partial charge on any atom is -0.0116 e. The molecule has 1 rings (SSSR count). The fourth-order valence-corrected chi connectivity index (χ4v) is 2.13. The molecule has 1 unspecified atom stereocenters. The number of unbranched alkanes of at least 4 members (excludes halogenated alkanes) is 1. The summed E-state index contributed by atoms with van der Waals surface area (Å²) >= 11 is 0. The van der Waals surface area contributed by atoms with Crippen LogP contribution in [0.25, 0.3) is 0 Å². The predicted octanol–water partition coefficient (Wildman–Crippen LogP) is 5.20. The predicted molar refractivity (Wildman–Crippen MR) is 66.5 cm³/mol. The van der Waals surface area contributed by atoms with E-state index in [4.69, 9.17) is 0 Å². The summed E-state index contributed by atoms with van der Waals surface area (Å²) in [6, 6.07) is 0. The minimum Gasteiger partial charge on any atom is -0.0848 e. The molecule has 0 nitrogen and oxygen atoms in total. The van der Waals surface area contributed by atoms with E-state index in [2.05, 4.69) is 33.8 Å². The van der Waals surface area contributed by atoms with E-state index in [-0.39, 0.29) is 0 Å². The van der Waals surface area contributed by atoms with E-state index in [1.54, 1.807) is 5.57 Å². The van der Waals surface area contributed by atoms with Gasteiger partial charge in [-0.25, -0.2) is 0 Å². The van der Waals surface area contributed by atoms with Gasteiger partial charge in [-0.2, -0.15) is 0 Å². The Morgan fingerprint density at radius 1 is 1.36 bits per heavy atom. The summed E-state index contributed by atoms with van der Waals surface area (Å²) in [5, 5.41) is 0. The number of rotatable bonds is 3. The van der Waals surface area contributed by atoms with E-state index in [9.17, 15) is 0 Å². The molecule has 0 heterocycles. The van der Waals surface area contributed by atoms with Crippen molar-refractivity contribution in [1.82, 2.24) is 0 Å². The van der Waals surface area contributed by atoms with Gasteiger partial charge in [0, 0.05) is 0 Å². The lowest BCUT2D eigenvalue weighted by Crippen LogP contribution is -2.20. The van der Waals surface area contributed by atoms with Crippen molar-refractivity contribution in [1.29, 1.82) is 0 Å². The van der Waals surface area contributed by atoms with E-state index < -0.39 is 0 Å². The minimum atomic E-state index is 0.481. The van der Waals surface area contributed by atoms with Crippen LogP contribution in [0.5, 0.6) is 0 Å². The van der Waals surface area contributed by atoms with Crippen LogP contribution in [-0.4, -0.2) is 0 Å². The van der Waals surface area contributed by atoms with Gasteiger partial charge in [0.05, 0.1) is 0 Å². The van der Waals surface area contributed by atoms with Crippen LogP contribution in [0.15, 0.2) is 11.6 Å². The molecule has 84 valence electrons. The topological polar surface area (TPSA) is 0 Å². The zero-order valence-electron chi connectivity index (χ0n) is 11.0. The van der Waals surface area contributed by atoms with Crippen LogP contribution in [0, 0.1) is 11.3 Å². The lowest BCUT2D eigenvalue weighted by Gasteiger charge is -2.29. The van der Waals surface area contributed by atoms with Gasteiger partial charge in [-0.3, -0.25) is 0 Å². The fraction of sp³-hybridized carbons (Fsp3) is 0.857. The molecule has 0 spiro atoms. The molecule has 0 aromatic rings. The van der Waals surface area contributed by atoms with Gasteiger partial charge in [-0.15, -0.1) is 0 Å². The molecule has 0 aliphatic heterocycles. The number of hydrogen-bond acceptors (Lipinski definition) is 0. The third-order valence-electron chi connectivity index (χ3n) is 3.65. The second-order valence-corrected chi connectivity index (χ2v) is 4.68. The highest BCUT2D eigenvalue weighted by Crippen LogP contribution is 2.45. The summed E-state index contributed by atoms with van der Waals surface area (Å²) in [7, 11) is 0. The fourth-order valence-electron chi connectivity index (χ4n) is 2.13. The summed E-state index contributed by atoms with van der Waals surface area (Å²) in [6.45, 7) is 13.4. The van der Waals surface area contributed by atoms with Gasteiger partial charge in [0.2, 0.25) is 0 Å². The van der Waals surface area contributed by atoms with Crippen LogP contribution in [0.3, 0.4) is 0 Å². The van der Waals surface area contributed by atoms with Crippen molar-refractivity contribution in [3.05, 3.63) is 11.6 Å². The average Bonchev–Trinajstić information content (AvgIpc) is 2.43. The molecular weight excluding hydrogens is 168 g/mol. The highest BCUT2D eigenvalue weighted by Gasteiger charge is 2.33. The van der Waals surface area contributed by atoms with Crippen molar-refractivity contribution in [3.8, 4) is 0 Å². The normalized spacial score (nSPS) is 23.9. The van der Waals surface area contributed by atoms with Crippen molar-refractivity contribution in [3.63, 3.8) is 0 Å². The molecule has 0 aromatic carbocycles. The average molecular weight is 196 g/mol. The molecule has 0 saturated heterocycles. The maximum atomic E-state index is 2.43. The lowest BCUT2D eigenvalue weighted by atomic mass is 9.75. The first-order valence-electron chi connectivity index (χ1n) is 6.26. The van der Waals surface area contributed by atoms with Gasteiger partial charge in [-0.05, 0) is 31.1 Å². The van der Waals surface area contributed by atoms with Crippen LogP contribution in [0.2, 0.25) is 0 Å². The van der Waals surface area contributed by atoms with Crippen LogP contribution in [0.4, 0.5) is 0 Å². The number of allylic oxidation sites excluding steroid dienone is 2. The Kier molecular flexibility index (Phi) is 6.15. The van der Waals surface area contributed by atoms with Gasteiger partial charge in [0.1, 0.15) is 0 Å². The van der Waals surface area contributed by atoms with Gasteiger partial charge < -0.3 is 0 Å². The van der Waals surface area contributed by atoms with Crippen molar-refractivity contribution in [2.75, 3.05) is 0 Å². The molecule has 0 aromatic heterocycles. The molecular formula is C14H28. The van der Waals surface area contributed by atoms with Crippen molar-refractivity contribution < 1.29 is 0 Å². The minimum absolute atomic E-state index is 0.481. The van der Waals surface area contributed by atoms with E-state index in [1.807, 2.05) is 13.8 Å². The molecule has 0 fully saturated rings. The first-order chi connectivity index (χ1) is 6.59. The quantitative estimate of drug-likeness (QED) is 0.545. The standard InChI is InChI=1S/C12H22.C2H6/c1-5-6-7-11-9-8-10(2)12(11,3)4;1-2/h8,11H,5-7,9H2,1-4H3;1-2H3. The van der Waals surface area contributed by atoms with Crippen LogP contribution in [0.1, 0.15) is 67.2 Å². The lowest BCUT2D eigenvalue weighted by molar-refractivity contribution is 0.269. The molecule has 0 radical (unpaired) electrons. The van der Waals surface area contributed by atoms with Gasteiger partial charge in [-0.1, -0.05) is 59.1 Å².